The molecule has 7 aromatic carbocycles. The van der Waals surface area contributed by atoms with Crippen molar-refractivity contribution in [1.29, 1.82) is 0 Å². The Hall–Kier alpha value is -6.78. The molecule has 0 fully saturated rings. The van der Waals surface area contributed by atoms with E-state index in [1.165, 1.54) is 60.3 Å². The molecular formula is C49H34N4. The average Bonchev–Trinajstić information content (AvgIpc) is 3.82. The summed E-state index contributed by atoms with van der Waals surface area (Å²) in [5, 5.41) is 4.94. The minimum absolute atomic E-state index is 0.219. The molecule has 0 radical (unpaired) electrons. The molecule has 1 aliphatic rings. The molecule has 0 aliphatic heterocycles. The normalized spacial score (nSPS) is 13.2. The SMILES string of the molecule is CC1(C)c2ccccc2-c2nc(-c3ccc(-n4c5ccccc5c5ccc6c7ccccc7n(-c7ccccc7)c6c54)cc3)nc(-c3ccccc3)c21. The second kappa shape index (κ2) is 11.1. The van der Waals surface area contributed by atoms with Crippen LogP contribution >= 0.6 is 0 Å². The Morgan fingerprint density at radius 1 is 0.415 bits per heavy atom. The van der Waals surface area contributed by atoms with Crippen molar-refractivity contribution in [2.24, 2.45) is 0 Å². The van der Waals surface area contributed by atoms with Gasteiger partial charge in [-0.1, -0.05) is 135 Å². The number of hydrogen-bond acceptors (Lipinski definition) is 2. The largest absolute Gasteiger partial charge is 0.307 e. The maximum Gasteiger partial charge on any atom is 0.160 e. The van der Waals surface area contributed by atoms with E-state index in [4.69, 9.17) is 9.97 Å². The lowest BCUT2D eigenvalue weighted by Gasteiger charge is -2.23. The highest BCUT2D eigenvalue weighted by Crippen LogP contribution is 2.51. The van der Waals surface area contributed by atoms with E-state index in [2.05, 4.69) is 193 Å². The van der Waals surface area contributed by atoms with Gasteiger partial charge in [-0.25, -0.2) is 9.97 Å². The third-order valence-electron chi connectivity index (χ3n) is 11.3. The fourth-order valence-corrected chi connectivity index (χ4v) is 8.92. The van der Waals surface area contributed by atoms with Crippen molar-refractivity contribution in [3.8, 4) is 45.3 Å². The van der Waals surface area contributed by atoms with Gasteiger partial charge >= 0.3 is 0 Å². The Bertz CT molecular complexity index is 3060. The highest BCUT2D eigenvalue weighted by Gasteiger charge is 2.40. The van der Waals surface area contributed by atoms with Crippen LogP contribution in [0.4, 0.5) is 0 Å². The van der Waals surface area contributed by atoms with Crippen LogP contribution in [0.15, 0.2) is 170 Å². The number of hydrogen-bond donors (Lipinski definition) is 0. The van der Waals surface area contributed by atoms with E-state index in [1.807, 2.05) is 0 Å². The van der Waals surface area contributed by atoms with Gasteiger partial charge in [0, 0.05) is 60.6 Å². The standard InChI is InChI=1S/C49H34N4/c1-49(2)40-22-12-9-21-39(40)45-43(49)44(31-15-5-3-6-16-31)50-48(51-45)32-25-27-34(28-26-32)53-42-24-14-11-20-36(42)38-30-29-37-35-19-10-13-23-41(35)52(46(37)47(38)53)33-17-7-4-8-18-33/h3-30H,1-2H3. The summed E-state index contributed by atoms with van der Waals surface area (Å²) in [4.78, 5) is 10.7. The van der Waals surface area contributed by atoms with Gasteiger partial charge in [0.2, 0.25) is 0 Å². The minimum Gasteiger partial charge on any atom is -0.307 e. The molecule has 0 atom stereocenters. The molecule has 0 unspecified atom stereocenters. The number of para-hydroxylation sites is 3. The maximum atomic E-state index is 5.34. The zero-order valence-electron chi connectivity index (χ0n) is 29.5. The fourth-order valence-electron chi connectivity index (χ4n) is 8.92. The number of benzene rings is 7. The second-order valence-electron chi connectivity index (χ2n) is 14.6. The molecule has 250 valence electrons. The van der Waals surface area contributed by atoms with Crippen LogP contribution in [-0.2, 0) is 5.41 Å². The van der Waals surface area contributed by atoms with Gasteiger partial charge < -0.3 is 9.13 Å². The van der Waals surface area contributed by atoms with Gasteiger partial charge in [0.05, 0.1) is 33.5 Å². The molecule has 0 saturated heterocycles. The van der Waals surface area contributed by atoms with Crippen LogP contribution in [-0.4, -0.2) is 19.1 Å². The van der Waals surface area contributed by atoms with Crippen LogP contribution in [0.5, 0.6) is 0 Å². The van der Waals surface area contributed by atoms with Crippen LogP contribution < -0.4 is 0 Å². The predicted octanol–water partition coefficient (Wildman–Crippen LogP) is 12.3. The first-order chi connectivity index (χ1) is 26.1. The summed E-state index contributed by atoms with van der Waals surface area (Å²) in [5.74, 6) is 0.732. The molecule has 3 heterocycles. The Labute approximate surface area is 307 Å². The summed E-state index contributed by atoms with van der Waals surface area (Å²) in [6.45, 7) is 4.59. The van der Waals surface area contributed by atoms with Gasteiger partial charge in [-0.2, -0.15) is 0 Å². The number of rotatable bonds is 4. The Kier molecular flexibility index (Phi) is 6.27. The first-order valence-electron chi connectivity index (χ1n) is 18.3. The number of fused-ring (bicyclic) bond motifs is 10. The van der Waals surface area contributed by atoms with Gasteiger partial charge in [0.25, 0.3) is 0 Å². The van der Waals surface area contributed by atoms with E-state index < -0.39 is 0 Å². The van der Waals surface area contributed by atoms with Crippen LogP contribution in [0.2, 0.25) is 0 Å². The van der Waals surface area contributed by atoms with E-state index in [1.54, 1.807) is 0 Å². The van der Waals surface area contributed by atoms with E-state index >= 15 is 0 Å². The van der Waals surface area contributed by atoms with Crippen LogP contribution in [0.25, 0.3) is 88.9 Å². The molecule has 0 amide bonds. The molecule has 0 bridgehead atoms. The quantitative estimate of drug-likeness (QED) is 0.186. The molecule has 4 nitrogen and oxygen atoms in total. The zero-order valence-corrected chi connectivity index (χ0v) is 29.5. The Morgan fingerprint density at radius 3 is 1.57 bits per heavy atom. The third-order valence-corrected chi connectivity index (χ3v) is 11.3. The predicted molar refractivity (Wildman–Crippen MR) is 219 cm³/mol. The van der Waals surface area contributed by atoms with E-state index in [0.717, 1.165) is 39.7 Å². The van der Waals surface area contributed by atoms with Crippen molar-refractivity contribution in [3.05, 3.63) is 181 Å². The summed E-state index contributed by atoms with van der Waals surface area (Å²) in [5.41, 5.74) is 14.6. The molecular weight excluding hydrogens is 645 g/mol. The fraction of sp³-hybridized carbons (Fsp3) is 0.0612. The van der Waals surface area contributed by atoms with Crippen molar-refractivity contribution < 1.29 is 0 Å². The zero-order chi connectivity index (χ0) is 35.3. The molecule has 0 spiro atoms. The number of aromatic nitrogens is 4. The van der Waals surface area contributed by atoms with Crippen LogP contribution in [0.1, 0.15) is 25.0 Å². The molecule has 1 aliphatic carbocycles. The molecule has 10 aromatic rings. The summed E-state index contributed by atoms with van der Waals surface area (Å²) in [6.07, 6.45) is 0. The van der Waals surface area contributed by atoms with Gasteiger partial charge in [-0.15, -0.1) is 0 Å². The van der Waals surface area contributed by atoms with E-state index in [9.17, 15) is 0 Å². The highest BCUT2D eigenvalue weighted by molar-refractivity contribution is 6.23. The first-order valence-corrected chi connectivity index (χ1v) is 18.3. The maximum absolute atomic E-state index is 5.34. The van der Waals surface area contributed by atoms with E-state index in [-0.39, 0.29) is 5.41 Å². The van der Waals surface area contributed by atoms with Crippen LogP contribution in [0, 0.1) is 0 Å². The molecule has 0 saturated carbocycles. The second-order valence-corrected chi connectivity index (χ2v) is 14.6. The average molecular weight is 679 g/mol. The van der Waals surface area contributed by atoms with Gasteiger partial charge in [0.1, 0.15) is 0 Å². The lowest BCUT2D eigenvalue weighted by molar-refractivity contribution is 0.658. The van der Waals surface area contributed by atoms with Gasteiger partial charge in [-0.05, 0) is 54.1 Å². The topological polar surface area (TPSA) is 35.6 Å². The summed E-state index contributed by atoms with van der Waals surface area (Å²) >= 11 is 0. The minimum atomic E-state index is -0.219. The summed E-state index contributed by atoms with van der Waals surface area (Å²) < 4.78 is 4.87. The molecule has 53 heavy (non-hydrogen) atoms. The Morgan fingerprint density at radius 2 is 0.925 bits per heavy atom. The van der Waals surface area contributed by atoms with Crippen LogP contribution in [0.3, 0.4) is 0 Å². The smallest absolute Gasteiger partial charge is 0.160 e. The third kappa shape index (κ3) is 4.24. The first kappa shape index (κ1) is 29.9. The van der Waals surface area contributed by atoms with E-state index in [0.29, 0.717) is 0 Å². The number of nitrogens with zero attached hydrogens (tertiary/aromatic N) is 4. The monoisotopic (exact) mass is 678 g/mol. The van der Waals surface area contributed by atoms with Gasteiger partial charge in [0.15, 0.2) is 5.82 Å². The Balaban J connectivity index is 1.15. The molecule has 11 rings (SSSR count). The van der Waals surface area contributed by atoms with Crippen molar-refractivity contribution in [1.82, 2.24) is 19.1 Å². The lowest BCUT2D eigenvalue weighted by atomic mass is 9.81. The van der Waals surface area contributed by atoms with Crippen molar-refractivity contribution >= 4 is 43.6 Å². The lowest BCUT2D eigenvalue weighted by Crippen LogP contribution is -2.17. The van der Waals surface area contributed by atoms with Crippen molar-refractivity contribution in [2.45, 2.75) is 19.3 Å². The summed E-state index contributed by atoms with van der Waals surface area (Å²) in [7, 11) is 0. The molecule has 3 aromatic heterocycles. The van der Waals surface area contributed by atoms with Crippen molar-refractivity contribution in [2.75, 3.05) is 0 Å². The highest BCUT2D eigenvalue weighted by atomic mass is 15.0. The van der Waals surface area contributed by atoms with Crippen molar-refractivity contribution in [3.63, 3.8) is 0 Å². The molecule has 0 N–H and O–H groups in total. The molecule has 4 heteroatoms. The van der Waals surface area contributed by atoms with Gasteiger partial charge in [-0.3, -0.25) is 0 Å². The summed E-state index contributed by atoms with van der Waals surface area (Å²) in [6, 6.07) is 60.9.